The van der Waals surface area contributed by atoms with E-state index in [1.807, 2.05) is 55.5 Å². The molecular formula is C24H24N4O4. The Morgan fingerprint density at radius 1 is 1.16 bits per heavy atom. The Hall–Kier alpha value is -3.81. The number of nitrogens with one attached hydrogen (secondary N) is 1. The number of carbonyl (C=O) groups excluding carboxylic acids is 1. The summed E-state index contributed by atoms with van der Waals surface area (Å²) < 4.78 is 18.5. The first-order valence-electron chi connectivity index (χ1n) is 10.6. The maximum Gasteiger partial charge on any atom is 0.338 e. The molecule has 3 heterocycles. The smallest absolute Gasteiger partial charge is 0.338 e. The topological polar surface area (TPSA) is 87.5 Å². The number of methoxy groups -OCH3 is 1. The number of rotatable bonds is 4. The number of fused-ring (bicyclic) bond motifs is 2. The van der Waals surface area contributed by atoms with Gasteiger partial charge < -0.3 is 19.5 Å². The van der Waals surface area contributed by atoms with Crippen LogP contribution in [-0.4, -0.2) is 41.1 Å². The number of anilines is 1. The zero-order chi connectivity index (χ0) is 22.1. The molecule has 1 atom stereocenters. The lowest BCUT2D eigenvalue weighted by molar-refractivity contribution is -0.136. The third-order valence-electron chi connectivity index (χ3n) is 5.59. The first kappa shape index (κ1) is 20.1. The van der Waals surface area contributed by atoms with Crippen LogP contribution in [0.3, 0.4) is 0 Å². The number of benzene rings is 2. The molecule has 1 aromatic heterocycles. The second kappa shape index (κ2) is 8.37. The van der Waals surface area contributed by atoms with Gasteiger partial charge in [-0.2, -0.15) is 10.1 Å². The van der Waals surface area contributed by atoms with Gasteiger partial charge in [0.15, 0.2) is 17.3 Å². The van der Waals surface area contributed by atoms with E-state index in [1.165, 1.54) is 7.11 Å². The highest BCUT2D eigenvalue weighted by Gasteiger charge is 2.35. The van der Waals surface area contributed by atoms with E-state index < -0.39 is 12.0 Å². The fourth-order valence-electron chi connectivity index (χ4n) is 4.08. The number of hydrogen-bond donors (Lipinski definition) is 1. The SMILES string of the molecule is COC(=O)C1=C(C)Nc2nc(Cc3ccccc3)nn2C1c1ccc2c(c1)OCCCO2. The van der Waals surface area contributed by atoms with E-state index in [0.717, 1.165) is 17.5 Å². The summed E-state index contributed by atoms with van der Waals surface area (Å²) >= 11 is 0. The van der Waals surface area contributed by atoms with Gasteiger partial charge in [-0.15, -0.1) is 0 Å². The first-order chi connectivity index (χ1) is 15.6. The summed E-state index contributed by atoms with van der Waals surface area (Å²) in [6.07, 6.45) is 1.41. The molecular weight excluding hydrogens is 408 g/mol. The van der Waals surface area contributed by atoms with Crippen molar-refractivity contribution in [2.75, 3.05) is 25.6 Å². The molecule has 8 nitrogen and oxygen atoms in total. The average Bonchev–Trinajstić information content (AvgIpc) is 3.04. The van der Waals surface area contributed by atoms with Crippen molar-refractivity contribution in [3.63, 3.8) is 0 Å². The second-order valence-corrected chi connectivity index (χ2v) is 7.77. The molecule has 2 aliphatic heterocycles. The van der Waals surface area contributed by atoms with Crippen LogP contribution in [0.4, 0.5) is 5.95 Å². The largest absolute Gasteiger partial charge is 0.490 e. The second-order valence-electron chi connectivity index (χ2n) is 7.77. The van der Waals surface area contributed by atoms with Crippen LogP contribution in [0.15, 0.2) is 59.8 Å². The van der Waals surface area contributed by atoms with Crippen molar-refractivity contribution in [1.29, 1.82) is 0 Å². The molecule has 5 rings (SSSR count). The minimum atomic E-state index is -0.507. The molecule has 3 aromatic rings. The molecule has 32 heavy (non-hydrogen) atoms. The molecule has 0 amide bonds. The van der Waals surface area contributed by atoms with Gasteiger partial charge in [-0.1, -0.05) is 36.4 Å². The molecule has 0 radical (unpaired) electrons. The van der Waals surface area contributed by atoms with E-state index in [-0.39, 0.29) is 0 Å². The molecule has 8 heteroatoms. The Balaban J connectivity index is 1.59. The van der Waals surface area contributed by atoms with E-state index in [0.29, 0.717) is 54.2 Å². The van der Waals surface area contributed by atoms with Gasteiger partial charge >= 0.3 is 5.97 Å². The van der Waals surface area contributed by atoms with Crippen molar-refractivity contribution < 1.29 is 19.0 Å². The molecule has 0 aliphatic carbocycles. The summed E-state index contributed by atoms with van der Waals surface area (Å²) in [5.74, 6) is 2.18. The molecule has 1 N–H and O–H groups in total. The van der Waals surface area contributed by atoms with E-state index in [9.17, 15) is 4.79 Å². The van der Waals surface area contributed by atoms with Gasteiger partial charge in [0.2, 0.25) is 5.95 Å². The minimum Gasteiger partial charge on any atom is -0.490 e. The fourth-order valence-corrected chi connectivity index (χ4v) is 4.08. The number of aromatic nitrogens is 3. The van der Waals surface area contributed by atoms with E-state index in [2.05, 4.69) is 5.32 Å². The van der Waals surface area contributed by atoms with Crippen molar-refractivity contribution >= 4 is 11.9 Å². The minimum absolute atomic E-state index is 0.419. The standard InChI is InChI=1S/C24H24N4O4/c1-15-21(23(29)30-2)22(17-9-10-18-19(14-17)32-12-6-11-31-18)28-24(25-15)26-20(27-28)13-16-7-4-3-5-8-16/h3-5,7-10,14,22H,6,11-13H2,1-2H3,(H,25,26,27). The summed E-state index contributed by atoms with van der Waals surface area (Å²) in [4.78, 5) is 17.5. The molecule has 1 unspecified atom stereocenters. The van der Waals surface area contributed by atoms with E-state index >= 15 is 0 Å². The fraction of sp³-hybridized carbons (Fsp3) is 0.292. The Bertz CT molecular complexity index is 1190. The van der Waals surface area contributed by atoms with Gasteiger partial charge in [-0.3, -0.25) is 0 Å². The van der Waals surface area contributed by atoms with Crippen LogP contribution in [0.5, 0.6) is 11.5 Å². The third kappa shape index (κ3) is 3.68. The molecule has 0 fully saturated rings. The Morgan fingerprint density at radius 3 is 2.72 bits per heavy atom. The zero-order valence-corrected chi connectivity index (χ0v) is 18.0. The number of esters is 1. The monoisotopic (exact) mass is 432 g/mol. The van der Waals surface area contributed by atoms with Crippen LogP contribution in [0, 0.1) is 0 Å². The van der Waals surface area contributed by atoms with Crippen LogP contribution in [0.1, 0.15) is 36.3 Å². The average molecular weight is 432 g/mol. The summed E-state index contributed by atoms with van der Waals surface area (Å²) in [6.45, 7) is 3.04. The molecule has 0 saturated carbocycles. The lowest BCUT2D eigenvalue weighted by Crippen LogP contribution is -2.29. The van der Waals surface area contributed by atoms with Gasteiger partial charge in [-0.05, 0) is 30.2 Å². The van der Waals surface area contributed by atoms with Crippen LogP contribution in [0.2, 0.25) is 0 Å². The van der Waals surface area contributed by atoms with Crippen molar-refractivity contribution in [1.82, 2.24) is 14.8 Å². The van der Waals surface area contributed by atoms with Crippen molar-refractivity contribution in [3.8, 4) is 11.5 Å². The van der Waals surface area contributed by atoms with E-state index in [1.54, 1.807) is 4.68 Å². The summed E-state index contributed by atoms with van der Waals surface area (Å²) in [7, 11) is 1.38. The lowest BCUT2D eigenvalue weighted by atomic mass is 9.95. The predicted molar refractivity (Wildman–Crippen MR) is 118 cm³/mol. The molecule has 164 valence electrons. The predicted octanol–water partition coefficient (Wildman–Crippen LogP) is 3.49. The molecule has 2 aromatic carbocycles. The first-order valence-corrected chi connectivity index (χ1v) is 10.6. The highest BCUT2D eigenvalue weighted by molar-refractivity contribution is 5.92. The van der Waals surface area contributed by atoms with Crippen molar-refractivity contribution in [2.45, 2.75) is 25.8 Å². The third-order valence-corrected chi connectivity index (χ3v) is 5.59. The van der Waals surface area contributed by atoms with Gasteiger partial charge in [0.05, 0.1) is 25.9 Å². The van der Waals surface area contributed by atoms with Gasteiger partial charge in [0.25, 0.3) is 0 Å². The Kier molecular flexibility index (Phi) is 5.26. The summed E-state index contributed by atoms with van der Waals surface area (Å²) in [6, 6.07) is 15.3. The quantitative estimate of drug-likeness (QED) is 0.632. The summed E-state index contributed by atoms with van der Waals surface area (Å²) in [5, 5.41) is 7.98. The number of allylic oxidation sites excluding steroid dienone is 1. The molecule has 0 spiro atoms. The van der Waals surface area contributed by atoms with Crippen LogP contribution in [-0.2, 0) is 16.0 Å². The number of hydrogen-bond acceptors (Lipinski definition) is 7. The van der Waals surface area contributed by atoms with Gasteiger partial charge in [-0.25, -0.2) is 9.48 Å². The normalized spacial score (nSPS) is 17.2. The highest BCUT2D eigenvalue weighted by atomic mass is 16.5. The van der Waals surface area contributed by atoms with Crippen LogP contribution >= 0.6 is 0 Å². The van der Waals surface area contributed by atoms with Crippen molar-refractivity contribution in [3.05, 3.63) is 76.8 Å². The Morgan fingerprint density at radius 2 is 1.94 bits per heavy atom. The van der Waals surface area contributed by atoms with Crippen LogP contribution in [0.25, 0.3) is 0 Å². The molecule has 0 saturated heterocycles. The maximum atomic E-state index is 12.8. The number of ether oxygens (including phenoxy) is 3. The molecule has 2 aliphatic rings. The van der Waals surface area contributed by atoms with E-state index in [4.69, 9.17) is 24.3 Å². The highest BCUT2D eigenvalue weighted by Crippen LogP contribution is 2.39. The zero-order valence-electron chi connectivity index (χ0n) is 18.0. The van der Waals surface area contributed by atoms with Gasteiger partial charge in [0.1, 0.15) is 6.04 Å². The van der Waals surface area contributed by atoms with Crippen molar-refractivity contribution in [2.24, 2.45) is 0 Å². The number of carbonyl (C=O) groups is 1. The van der Waals surface area contributed by atoms with Crippen LogP contribution < -0.4 is 14.8 Å². The maximum absolute atomic E-state index is 12.8. The summed E-state index contributed by atoms with van der Waals surface area (Å²) in [5.41, 5.74) is 3.11. The molecule has 0 bridgehead atoms. The lowest BCUT2D eigenvalue weighted by Gasteiger charge is -2.28. The Labute approximate surface area is 185 Å². The van der Waals surface area contributed by atoms with Gasteiger partial charge in [0, 0.05) is 18.5 Å². The number of nitrogens with zero attached hydrogens (tertiary/aromatic N) is 3.